The van der Waals surface area contributed by atoms with E-state index in [-0.39, 0.29) is 0 Å². The van der Waals surface area contributed by atoms with Crippen LogP contribution in [-0.4, -0.2) is 20.2 Å². The number of aromatic amines is 1. The van der Waals surface area contributed by atoms with E-state index in [2.05, 4.69) is 26.2 Å². The highest BCUT2D eigenvalue weighted by molar-refractivity contribution is 7.99. The van der Waals surface area contributed by atoms with Gasteiger partial charge in [-0.25, -0.2) is 9.97 Å². The SMILES string of the molecule is N#Cc1cc2c(nc1Sc1ncn[nH]1)CCCC2. The summed E-state index contributed by atoms with van der Waals surface area (Å²) in [5, 5.41) is 17.1. The van der Waals surface area contributed by atoms with E-state index < -0.39 is 0 Å². The Morgan fingerprint density at radius 3 is 3.00 bits per heavy atom. The zero-order valence-corrected chi connectivity index (χ0v) is 10.5. The monoisotopic (exact) mass is 257 g/mol. The molecule has 3 rings (SSSR count). The third kappa shape index (κ3) is 2.09. The fraction of sp³-hybridized carbons (Fsp3) is 0.333. The molecule has 0 aliphatic heterocycles. The minimum Gasteiger partial charge on any atom is -0.254 e. The Labute approximate surface area is 109 Å². The van der Waals surface area contributed by atoms with Crippen molar-refractivity contribution in [3.63, 3.8) is 0 Å². The third-order valence-electron chi connectivity index (χ3n) is 2.97. The van der Waals surface area contributed by atoms with Crippen LogP contribution in [0.2, 0.25) is 0 Å². The predicted octanol–water partition coefficient (Wildman–Crippen LogP) is 2.10. The summed E-state index contributed by atoms with van der Waals surface area (Å²) in [5.74, 6) is 0. The van der Waals surface area contributed by atoms with Gasteiger partial charge < -0.3 is 0 Å². The Balaban J connectivity index is 2.00. The summed E-state index contributed by atoms with van der Waals surface area (Å²) in [6.07, 6.45) is 5.86. The maximum absolute atomic E-state index is 9.20. The Hall–Kier alpha value is -1.87. The number of aryl methyl sites for hydroxylation is 2. The fourth-order valence-electron chi connectivity index (χ4n) is 2.11. The lowest BCUT2D eigenvalue weighted by molar-refractivity contribution is 0.660. The first-order valence-corrected chi connectivity index (χ1v) is 6.64. The topological polar surface area (TPSA) is 78.2 Å². The van der Waals surface area contributed by atoms with Gasteiger partial charge in [-0.05, 0) is 49.1 Å². The quantitative estimate of drug-likeness (QED) is 0.891. The number of fused-ring (bicyclic) bond motifs is 1. The molecule has 0 saturated heterocycles. The van der Waals surface area contributed by atoms with E-state index in [1.54, 1.807) is 0 Å². The highest BCUT2D eigenvalue weighted by atomic mass is 32.2. The number of rotatable bonds is 2. The van der Waals surface area contributed by atoms with Gasteiger partial charge in [-0.2, -0.15) is 10.4 Å². The molecule has 6 heteroatoms. The van der Waals surface area contributed by atoms with Gasteiger partial charge in [0.25, 0.3) is 0 Å². The van der Waals surface area contributed by atoms with Gasteiger partial charge in [0.15, 0.2) is 5.16 Å². The molecule has 1 N–H and O–H groups in total. The van der Waals surface area contributed by atoms with Gasteiger partial charge in [0.2, 0.25) is 0 Å². The molecular formula is C12H11N5S. The number of H-pyrrole nitrogens is 1. The Morgan fingerprint density at radius 2 is 2.22 bits per heavy atom. The minimum absolute atomic E-state index is 0.622. The van der Waals surface area contributed by atoms with Crippen LogP contribution in [0.3, 0.4) is 0 Å². The molecule has 0 saturated carbocycles. The van der Waals surface area contributed by atoms with Crippen LogP contribution in [0.25, 0.3) is 0 Å². The van der Waals surface area contributed by atoms with Crippen molar-refractivity contribution >= 4 is 11.8 Å². The second-order valence-corrected chi connectivity index (χ2v) is 5.14. The molecule has 2 aromatic rings. The molecule has 18 heavy (non-hydrogen) atoms. The van der Waals surface area contributed by atoms with Gasteiger partial charge in [-0.15, -0.1) is 0 Å². The molecule has 90 valence electrons. The summed E-state index contributed by atoms with van der Waals surface area (Å²) in [4.78, 5) is 8.66. The minimum atomic E-state index is 0.622. The molecule has 0 bridgehead atoms. The average Bonchev–Trinajstić information content (AvgIpc) is 2.91. The summed E-state index contributed by atoms with van der Waals surface area (Å²) < 4.78 is 0. The number of aromatic nitrogens is 4. The molecule has 2 aromatic heterocycles. The molecule has 2 heterocycles. The highest BCUT2D eigenvalue weighted by Gasteiger charge is 2.16. The predicted molar refractivity (Wildman–Crippen MR) is 66.1 cm³/mol. The van der Waals surface area contributed by atoms with Gasteiger partial charge in [-0.3, -0.25) is 5.10 Å². The van der Waals surface area contributed by atoms with E-state index in [9.17, 15) is 5.26 Å². The van der Waals surface area contributed by atoms with E-state index in [1.807, 2.05) is 6.07 Å². The van der Waals surface area contributed by atoms with Crippen molar-refractivity contribution in [1.29, 1.82) is 5.26 Å². The second kappa shape index (κ2) is 4.78. The largest absolute Gasteiger partial charge is 0.254 e. The van der Waals surface area contributed by atoms with Crippen molar-refractivity contribution in [1.82, 2.24) is 20.2 Å². The zero-order chi connectivity index (χ0) is 12.4. The van der Waals surface area contributed by atoms with E-state index >= 15 is 0 Å². The van der Waals surface area contributed by atoms with Crippen LogP contribution in [0.4, 0.5) is 0 Å². The number of nitriles is 1. The molecule has 5 nitrogen and oxygen atoms in total. The van der Waals surface area contributed by atoms with Crippen LogP contribution >= 0.6 is 11.8 Å². The summed E-state index contributed by atoms with van der Waals surface area (Å²) in [5.41, 5.74) is 2.97. The van der Waals surface area contributed by atoms with Crippen LogP contribution < -0.4 is 0 Å². The van der Waals surface area contributed by atoms with Gasteiger partial charge >= 0.3 is 0 Å². The van der Waals surface area contributed by atoms with Crippen molar-refractivity contribution in [2.75, 3.05) is 0 Å². The number of hydrogen-bond acceptors (Lipinski definition) is 5. The second-order valence-electron chi connectivity index (χ2n) is 4.16. The summed E-state index contributed by atoms with van der Waals surface area (Å²) >= 11 is 1.36. The molecule has 0 fully saturated rings. The van der Waals surface area contributed by atoms with Crippen LogP contribution in [-0.2, 0) is 12.8 Å². The van der Waals surface area contributed by atoms with Crippen LogP contribution in [0.15, 0.2) is 22.6 Å². The lowest BCUT2D eigenvalue weighted by Crippen LogP contribution is -2.07. The molecule has 0 aromatic carbocycles. The van der Waals surface area contributed by atoms with E-state index in [1.165, 1.54) is 36.5 Å². The van der Waals surface area contributed by atoms with Crippen LogP contribution in [0.5, 0.6) is 0 Å². The first-order valence-electron chi connectivity index (χ1n) is 5.83. The van der Waals surface area contributed by atoms with Gasteiger partial charge in [0.05, 0.1) is 5.56 Å². The number of nitrogens with zero attached hydrogens (tertiary/aromatic N) is 4. The number of pyridine rings is 1. The maximum atomic E-state index is 9.20. The maximum Gasteiger partial charge on any atom is 0.189 e. The van der Waals surface area contributed by atoms with E-state index in [0.717, 1.165) is 23.6 Å². The highest BCUT2D eigenvalue weighted by Crippen LogP contribution is 2.29. The lowest BCUT2D eigenvalue weighted by Gasteiger charge is -2.15. The molecule has 1 aliphatic rings. The lowest BCUT2D eigenvalue weighted by atomic mass is 9.95. The third-order valence-corrected chi connectivity index (χ3v) is 3.87. The number of nitrogens with one attached hydrogen (secondary N) is 1. The average molecular weight is 257 g/mol. The normalized spacial score (nSPS) is 13.9. The molecule has 0 spiro atoms. The summed E-state index contributed by atoms with van der Waals surface area (Å²) in [6.45, 7) is 0. The molecule has 0 unspecified atom stereocenters. The first kappa shape index (κ1) is 11.2. The Bertz CT molecular complexity index is 600. The van der Waals surface area contributed by atoms with E-state index in [0.29, 0.717) is 10.7 Å². The van der Waals surface area contributed by atoms with Crippen LogP contribution in [0, 0.1) is 11.3 Å². The standard InChI is InChI=1S/C12H11N5S/c13-6-9-5-8-3-1-2-4-10(8)16-11(9)18-12-14-7-15-17-12/h5,7H,1-4H2,(H,14,15,17). The Kier molecular flexibility index (Phi) is 2.99. The number of hydrogen-bond donors (Lipinski definition) is 1. The van der Waals surface area contributed by atoms with Crippen LogP contribution in [0.1, 0.15) is 29.7 Å². The van der Waals surface area contributed by atoms with Crippen molar-refractivity contribution in [2.45, 2.75) is 35.9 Å². The molecule has 0 amide bonds. The van der Waals surface area contributed by atoms with Crippen molar-refractivity contribution in [3.8, 4) is 6.07 Å². The molecule has 0 radical (unpaired) electrons. The Morgan fingerprint density at radius 1 is 1.33 bits per heavy atom. The fourth-order valence-corrected chi connectivity index (χ4v) is 2.86. The summed E-state index contributed by atoms with van der Waals surface area (Å²) in [7, 11) is 0. The van der Waals surface area contributed by atoms with Crippen molar-refractivity contribution < 1.29 is 0 Å². The van der Waals surface area contributed by atoms with Crippen molar-refractivity contribution in [3.05, 3.63) is 29.2 Å². The van der Waals surface area contributed by atoms with Gasteiger partial charge in [0, 0.05) is 5.69 Å². The van der Waals surface area contributed by atoms with E-state index in [4.69, 9.17) is 0 Å². The first-order chi connectivity index (χ1) is 8.86. The molecule has 1 aliphatic carbocycles. The smallest absolute Gasteiger partial charge is 0.189 e. The van der Waals surface area contributed by atoms with Crippen molar-refractivity contribution in [2.24, 2.45) is 0 Å². The molecular weight excluding hydrogens is 246 g/mol. The van der Waals surface area contributed by atoms with Gasteiger partial charge in [-0.1, -0.05) is 0 Å². The van der Waals surface area contributed by atoms with Gasteiger partial charge in [0.1, 0.15) is 17.4 Å². The zero-order valence-electron chi connectivity index (χ0n) is 9.68. The summed E-state index contributed by atoms with van der Waals surface area (Å²) in [6, 6.07) is 4.19. The molecule has 0 atom stereocenters.